The van der Waals surface area contributed by atoms with E-state index >= 15 is 0 Å². The molecule has 142 valence electrons. The molecule has 1 N–H and O–H groups in total. The van der Waals surface area contributed by atoms with Gasteiger partial charge in [0.15, 0.2) is 11.5 Å². The third-order valence-corrected chi connectivity index (χ3v) is 4.65. The first-order valence-electron chi connectivity index (χ1n) is 8.96. The van der Waals surface area contributed by atoms with Gasteiger partial charge in [0, 0.05) is 25.1 Å². The fourth-order valence-corrected chi connectivity index (χ4v) is 3.26. The van der Waals surface area contributed by atoms with Gasteiger partial charge < -0.3 is 19.7 Å². The number of ether oxygens (including phenoxy) is 2. The molecular weight excluding hydrogens is 344 g/mol. The highest BCUT2D eigenvalue weighted by atomic mass is 16.5. The molecule has 0 unspecified atom stereocenters. The molecule has 6 nitrogen and oxygen atoms in total. The minimum atomic E-state index is -0.157. The summed E-state index contributed by atoms with van der Waals surface area (Å²) in [6, 6.07) is 15.0. The quantitative estimate of drug-likeness (QED) is 0.816. The summed E-state index contributed by atoms with van der Waals surface area (Å²) in [4.78, 5) is 26.3. The van der Waals surface area contributed by atoms with Crippen LogP contribution < -0.4 is 19.7 Å². The summed E-state index contributed by atoms with van der Waals surface area (Å²) in [6.07, 6.45) is 1.28. The number of hydrogen-bond donors (Lipinski definition) is 1. The highest BCUT2D eigenvalue weighted by Crippen LogP contribution is 2.28. The number of nitrogens with one attached hydrogen (secondary N) is 1. The van der Waals surface area contributed by atoms with Crippen molar-refractivity contribution in [3.63, 3.8) is 0 Å². The van der Waals surface area contributed by atoms with Gasteiger partial charge in [0.2, 0.25) is 11.8 Å². The van der Waals surface area contributed by atoms with Gasteiger partial charge in [-0.1, -0.05) is 24.3 Å². The number of rotatable bonds is 7. The number of carbonyl (C=O) groups is 2. The molecule has 1 fully saturated rings. The first-order valence-corrected chi connectivity index (χ1v) is 8.96. The van der Waals surface area contributed by atoms with Gasteiger partial charge in [0.1, 0.15) is 0 Å². The summed E-state index contributed by atoms with van der Waals surface area (Å²) in [7, 11) is 3.18. The van der Waals surface area contributed by atoms with E-state index in [9.17, 15) is 9.59 Å². The molecule has 1 aliphatic rings. The van der Waals surface area contributed by atoms with Crippen molar-refractivity contribution in [2.75, 3.05) is 25.7 Å². The molecular formula is C21H24N2O4. The van der Waals surface area contributed by atoms with Gasteiger partial charge in [0.25, 0.3) is 0 Å². The highest BCUT2D eigenvalue weighted by molar-refractivity contribution is 5.96. The van der Waals surface area contributed by atoms with E-state index in [2.05, 4.69) is 5.32 Å². The van der Waals surface area contributed by atoms with E-state index in [0.29, 0.717) is 37.3 Å². The molecule has 0 bridgehead atoms. The summed E-state index contributed by atoms with van der Waals surface area (Å²) in [5.74, 6) is 1.29. The zero-order valence-corrected chi connectivity index (χ0v) is 15.6. The average Bonchev–Trinajstić information content (AvgIpc) is 3.06. The molecule has 3 rings (SSSR count). The Morgan fingerprint density at radius 3 is 2.56 bits per heavy atom. The standard InChI is InChI=1S/C21H24N2O4/c1-26-18-10-8-15(12-19(18)27-2)9-11-20(24)22-16-13-21(25)23(14-16)17-6-4-3-5-7-17/h3-8,10,12,16H,9,11,13-14H2,1-2H3,(H,22,24)/t16-/m1/s1. The highest BCUT2D eigenvalue weighted by Gasteiger charge is 2.31. The zero-order chi connectivity index (χ0) is 19.2. The molecule has 27 heavy (non-hydrogen) atoms. The van der Waals surface area contributed by atoms with Crippen molar-refractivity contribution in [3.05, 3.63) is 54.1 Å². The lowest BCUT2D eigenvalue weighted by Gasteiger charge is -2.17. The minimum Gasteiger partial charge on any atom is -0.493 e. The second-order valence-electron chi connectivity index (χ2n) is 6.50. The number of para-hydroxylation sites is 1. The Hall–Kier alpha value is -3.02. The summed E-state index contributed by atoms with van der Waals surface area (Å²) >= 11 is 0. The molecule has 0 radical (unpaired) electrons. The van der Waals surface area contributed by atoms with Gasteiger partial charge in [-0.2, -0.15) is 0 Å². The Bertz CT molecular complexity index is 807. The Morgan fingerprint density at radius 1 is 1.11 bits per heavy atom. The van der Waals surface area contributed by atoms with E-state index in [0.717, 1.165) is 11.3 Å². The first kappa shape index (κ1) is 18.8. The molecule has 2 aromatic carbocycles. The van der Waals surface area contributed by atoms with Gasteiger partial charge in [-0.05, 0) is 36.2 Å². The number of nitrogens with zero attached hydrogens (tertiary/aromatic N) is 1. The average molecular weight is 368 g/mol. The van der Waals surface area contributed by atoms with Crippen LogP contribution in [0, 0.1) is 0 Å². The Labute approximate surface area is 159 Å². The van der Waals surface area contributed by atoms with Crippen LogP contribution in [0.15, 0.2) is 48.5 Å². The first-order chi connectivity index (χ1) is 13.1. The van der Waals surface area contributed by atoms with E-state index in [1.165, 1.54) is 0 Å². The lowest BCUT2D eigenvalue weighted by molar-refractivity contribution is -0.121. The maximum absolute atomic E-state index is 12.3. The predicted octanol–water partition coefficient (Wildman–Crippen LogP) is 2.56. The SMILES string of the molecule is COc1ccc(CCC(=O)N[C@@H]2CC(=O)N(c3ccccc3)C2)cc1OC. The van der Waals surface area contributed by atoms with Crippen molar-refractivity contribution in [1.29, 1.82) is 0 Å². The summed E-state index contributed by atoms with van der Waals surface area (Å²) < 4.78 is 10.5. The van der Waals surface area contributed by atoms with E-state index in [1.54, 1.807) is 19.1 Å². The van der Waals surface area contributed by atoms with Crippen LogP contribution in [0.5, 0.6) is 11.5 Å². The molecule has 1 saturated heterocycles. The lowest BCUT2D eigenvalue weighted by atomic mass is 10.1. The molecule has 1 heterocycles. The number of amides is 2. The van der Waals surface area contributed by atoms with Gasteiger partial charge in [-0.25, -0.2) is 0 Å². The number of benzene rings is 2. The van der Waals surface area contributed by atoms with Crippen molar-refractivity contribution in [2.24, 2.45) is 0 Å². The van der Waals surface area contributed by atoms with Crippen LogP contribution in [0.25, 0.3) is 0 Å². The predicted molar refractivity (Wildman–Crippen MR) is 103 cm³/mol. The van der Waals surface area contributed by atoms with Gasteiger partial charge >= 0.3 is 0 Å². The lowest BCUT2D eigenvalue weighted by Crippen LogP contribution is -2.37. The normalized spacial score (nSPS) is 16.3. The Morgan fingerprint density at radius 2 is 1.85 bits per heavy atom. The van der Waals surface area contributed by atoms with E-state index < -0.39 is 0 Å². The minimum absolute atomic E-state index is 0.0337. The number of hydrogen-bond acceptors (Lipinski definition) is 4. The summed E-state index contributed by atoms with van der Waals surface area (Å²) in [5.41, 5.74) is 1.86. The molecule has 2 aromatic rings. The van der Waals surface area contributed by atoms with E-state index in [-0.39, 0.29) is 17.9 Å². The summed E-state index contributed by atoms with van der Waals surface area (Å²) in [6.45, 7) is 0.505. The van der Waals surface area contributed by atoms with E-state index in [1.807, 2.05) is 48.5 Å². The maximum atomic E-state index is 12.3. The Kier molecular flexibility index (Phi) is 5.96. The number of anilines is 1. The third kappa shape index (κ3) is 4.58. The van der Waals surface area contributed by atoms with Crippen LogP contribution >= 0.6 is 0 Å². The molecule has 6 heteroatoms. The maximum Gasteiger partial charge on any atom is 0.229 e. The van der Waals surface area contributed by atoms with Crippen molar-refractivity contribution < 1.29 is 19.1 Å². The third-order valence-electron chi connectivity index (χ3n) is 4.65. The largest absolute Gasteiger partial charge is 0.493 e. The van der Waals surface area contributed by atoms with Crippen molar-refractivity contribution in [3.8, 4) is 11.5 Å². The smallest absolute Gasteiger partial charge is 0.229 e. The van der Waals surface area contributed by atoms with Crippen molar-refractivity contribution in [1.82, 2.24) is 5.32 Å². The second kappa shape index (κ2) is 8.58. The van der Waals surface area contributed by atoms with Crippen LogP contribution in [0.2, 0.25) is 0 Å². The van der Waals surface area contributed by atoms with Crippen molar-refractivity contribution in [2.45, 2.75) is 25.3 Å². The molecule has 2 amide bonds. The zero-order valence-electron chi connectivity index (χ0n) is 15.6. The number of aryl methyl sites for hydroxylation is 1. The molecule has 0 aromatic heterocycles. The number of methoxy groups -OCH3 is 2. The molecule has 0 saturated carbocycles. The van der Waals surface area contributed by atoms with Crippen LogP contribution in [-0.4, -0.2) is 38.6 Å². The van der Waals surface area contributed by atoms with E-state index in [4.69, 9.17) is 9.47 Å². The fourth-order valence-electron chi connectivity index (χ4n) is 3.26. The topological polar surface area (TPSA) is 67.9 Å². The monoisotopic (exact) mass is 368 g/mol. The van der Waals surface area contributed by atoms with Gasteiger partial charge in [-0.15, -0.1) is 0 Å². The summed E-state index contributed by atoms with van der Waals surface area (Å²) in [5, 5.41) is 2.97. The van der Waals surface area contributed by atoms with Crippen LogP contribution in [0.1, 0.15) is 18.4 Å². The van der Waals surface area contributed by atoms with Crippen LogP contribution in [-0.2, 0) is 16.0 Å². The molecule has 1 atom stereocenters. The van der Waals surface area contributed by atoms with Gasteiger partial charge in [0.05, 0.1) is 20.3 Å². The fraction of sp³-hybridized carbons (Fsp3) is 0.333. The van der Waals surface area contributed by atoms with Crippen LogP contribution in [0.3, 0.4) is 0 Å². The molecule has 0 aliphatic carbocycles. The van der Waals surface area contributed by atoms with Gasteiger partial charge in [-0.3, -0.25) is 9.59 Å². The van der Waals surface area contributed by atoms with Crippen LogP contribution in [0.4, 0.5) is 5.69 Å². The Balaban J connectivity index is 1.52. The number of carbonyl (C=O) groups excluding carboxylic acids is 2. The molecule has 1 aliphatic heterocycles. The van der Waals surface area contributed by atoms with Crippen molar-refractivity contribution >= 4 is 17.5 Å². The second-order valence-corrected chi connectivity index (χ2v) is 6.50. The molecule has 0 spiro atoms.